The molecule has 4 heteroatoms. The van der Waals surface area contributed by atoms with Gasteiger partial charge in [-0.2, -0.15) is 0 Å². The van der Waals surface area contributed by atoms with Crippen molar-refractivity contribution in [2.75, 3.05) is 20.8 Å². The van der Waals surface area contributed by atoms with Crippen molar-refractivity contribution in [2.45, 2.75) is 24.9 Å². The van der Waals surface area contributed by atoms with E-state index in [1.165, 1.54) is 0 Å². The standard InChI is InChI=1S/C13H19NO3/c1-16-11-3-4-12(17-2)10(7-11)8-14-13(9-15)5-6-13/h3-4,7,14-15H,5-6,8-9H2,1-2H3. The average molecular weight is 237 g/mol. The fourth-order valence-corrected chi connectivity index (χ4v) is 1.84. The lowest BCUT2D eigenvalue weighted by Crippen LogP contribution is -2.34. The lowest BCUT2D eigenvalue weighted by Gasteiger charge is -2.16. The highest BCUT2D eigenvalue weighted by Gasteiger charge is 2.41. The maximum absolute atomic E-state index is 9.24. The van der Waals surface area contributed by atoms with Gasteiger partial charge >= 0.3 is 0 Å². The number of hydrogen-bond acceptors (Lipinski definition) is 4. The minimum absolute atomic E-state index is 0.0614. The van der Waals surface area contributed by atoms with E-state index in [4.69, 9.17) is 9.47 Å². The number of aliphatic hydroxyl groups is 1. The first-order valence-electron chi connectivity index (χ1n) is 5.80. The Hall–Kier alpha value is -1.26. The topological polar surface area (TPSA) is 50.7 Å². The molecule has 1 aliphatic rings. The molecule has 1 aromatic carbocycles. The molecule has 0 amide bonds. The van der Waals surface area contributed by atoms with Gasteiger partial charge in [-0.25, -0.2) is 0 Å². The molecule has 0 spiro atoms. The summed E-state index contributed by atoms with van der Waals surface area (Å²) < 4.78 is 10.5. The van der Waals surface area contributed by atoms with Gasteiger partial charge in [0, 0.05) is 17.6 Å². The summed E-state index contributed by atoms with van der Waals surface area (Å²) in [7, 11) is 3.30. The molecule has 0 aliphatic heterocycles. The number of rotatable bonds is 6. The van der Waals surface area contributed by atoms with Crippen LogP contribution in [0.4, 0.5) is 0 Å². The van der Waals surface area contributed by atoms with Gasteiger partial charge in [-0.1, -0.05) is 0 Å². The Morgan fingerprint density at radius 3 is 2.59 bits per heavy atom. The van der Waals surface area contributed by atoms with Crippen LogP contribution in [0.15, 0.2) is 18.2 Å². The van der Waals surface area contributed by atoms with Crippen LogP contribution in [0, 0.1) is 0 Å². The second kappa shape index (κ2) is 4.94. The molecule has 0 radical (unpaired) electrons. The van der Waals surface area contributed by atoms with E-state index < -0.39 is 0 Å². The SMILES string of the molecule is COc1ccc(OC)c(CNC2(CO)CC2)c1. The van der Waals surface area contributed by atoms with Crippen molar-refractivity contribution in [1.82, 2.24) is 5.32 Å². The summed E-state index contributed by atoms with van der Waals surface area (Å²) in [6.45, 7) is 0.875. The van der Waals surface area contributed by atoms with Crippen molar-refractivity contribution in [3.05, 3.63) is 23.8 Å². The molecule has 1 aliphatic carbocycles. The van der Waals surface area contributed by atoms with Crippen LogP contribution in [0.25, 0.3) is 0 Å². The number of ether oxygens (including phenoxy) is 2. The van der Waals surface area contributed by atoms with Crippen LogP contribution in [0.5, 0.6) is 11.5 Å². The van der Waals surface area contributed by atoms with Crippen LogP contribution in [-0.2, 0) is 6.54 Å². The van der Waals surface area contributed by atoms with E-state index >= 15 is 0 Å². The Balaban J connectivity index is 2.07. The number of aliphatic hydroxyl groups excluding tert-OH is 1. The molecule has 94 valence electrons. The number of benzene rings is 1. The van der Waals surface area contributed by atoms with Gasteiger partial charge in [0.1, 0.15) is 11.5 Å². The molecular weight excluding hydrogens is 218 g/mol. The van der Waals surface area contributed by atoms with Gasteiger partial charge in [-0.15, -0.1) is 0 Å². The lowest BCUT2D eigenvalue weighted by atomic mass is 10.1. The molecule has 0 atom stereocenters. The van der Waals surface area contributed by atoms with Crippen LogP contribution in [0.3, 0.4) is 0 Å². The molecule has 0 saturated heterocycles. The Morgan fingerprint density at radius 1 is 1.29 bits per heavy atom. The van der Waals surface area contributed by atoms with E-state index in [2.05, 4.69) is 5.32 Å². The van der Waals surface area contributed by atoms with Crippen LogP contribution in [0.1, 0.15) is 18.4 Å². The Bertz CT molecular complexity index is 388. The van der Waals surface area contributed by atoms with Crippen molar-refractivity contribution in [2.24, 2.45) is 0 Å². The van der Waals surface area contributed by atoms with Crippen molar-refractivity contribution in [3.8, 4) is 11.5 Å². The third-order valence-corrected chi connectivity index (χ3v) is 3.30. The molecule has 2 rings (SSSR count). The Labute approximate surface area is 102 Å². The minimum Gasteiger partial charge on any atom is -0.497 e. The second-order valence-electron chi connectivity index (χ2n) is 4.47. The second-order valence-corrected chi connectivity index (χ2v) is 4.47. The van der Waals surface area contributed by atoms with Gasteiger partial charge in [0.05, 0.1) is 20.8 Å². The maximum atomic E-state index is 9.24. The normalized spacial score (nSPS) is 16.6. The smallest absolute Gasteiger partial charge is 0.123 e. The zero-order chi connectivity index (χ0) is 12.3. The summed E-state index contributed by atoms with van der Waals surface area (Å²) in [5.41, 5.74) is 0.986. The van der Waals surface area contributed by atoms with Crippen LogP contribution in [-0.4, -0.2) is 31.5 Å². The molecule has 1 fully saturated rings. The van der Waals surface area contributed by atoms with E-state index in [1.54, 1.807) is 14.2 Å². The van der Waals surface area contributed by atoms with Crippen molar-refractivity contribution < 1.29 is 14.6 Å². The van der Waals surface area contributed by atoms with E-state index in [9.17, 15) is 5.11 Å². The number of methoxy groups -OCH3 is 2. The van der Waals surface area contributed by atoms with Crippen molar-refractivity contribution >= 4 is 0 Å². The fraction of sp³-hybridized carbons (Fsp3) is 0.538. The molecule has 2 N–H and O–H groups in total. The van der Waals surface area contributed by atoms with E-state index in [0.29, 0.717) is 6.54 Å². The molecule has 4 nitrogen and oxygen atoms in total. The van der Waals surface area contributed by atoms with Gasteiger partial charge in [0.15, 0.2) is 0 Å². The van der Waals surface area contributed by atoms with E-state index in [-0.39, 0.29) is 12.1 Å². The van der Waals surface area contributed by atoms with Crippen LogP contribution >= 0.6 is 0 Å². The Morgan fingerprint density at radius 2 is 2.06 bits per heavy atom. The van der Waals surface area contributed by atoms with Gasteiger partial charge in [-0.05, 0) is 31.0 Å². The maximum Gasteiger partial charge on any atom is 0.123 e. The molecule has 0 aromatic heterocycles. The molecule has 0 unspecified atom stereocenters. The predicted molar refractivity (Wildman–Crippen MR) is 65.4 cm³/mol. The van der Waals surface area contributed by atoms with Crippen LogP contribution < -0.4 is 14.8 Å². The van der Waals surface area contributed by atoms with Crippen molar-refractivity contribution in [1.29, 1.82) is 0 Å². The molecule has 1 aromatic rings. The van der Waals surface area contributed by atoms with E-state index in [1.807, 2.05) is 18.2 Å². The average Bonchev–Trinajstić information content (AvgIpc) is 3.16. The fourth-order valence-electron chi connectivity index (χ4n) is 1.84. The third kappa shape index (κ3) is 2.70. The summed E-state index contributed by atoms with van der Waals surface area (Å²) in [4.78, 5) is 0. The quantitative estimate of drug-likeness (QED) is 0.783. The van der Waals surface area contributed by atoms with Crippen LogP contribution in [0.2, 0.25) is 0 Å². The van der Waals surface area contributed by atoms with Crippen molar-refractivity contribution in [3.63, 3.8) is 0 Å². The Kier molecular flexibility index (Phi) is 3.54. The molecular formula is C13H19NO3. The summed E-state index contributed by atoms with van der Waals surface area (Å²) in [6.07, 6.45) is 2.07. The summed E-state index contributed by atoms with van der Waals surface area (Å²) >= 11 is 0. The zero-order valence-electron chi connectivity index (χ0n) is 10.3. The highest BCUT2D eigenvalue weighted by molar-refractivity contribution is 5.40. The number of nitrogens with one attached hydrogen (secondary N) is 1. The molecule has 1 saturated carbocycles. The van der Waals surface area contributed by atoms with Gasteiger partial charge in [-0.3, -0.25) is 0 Å². The molecule has 0 bridgehead atoms. The highest BCUT2D eigenvalue weighted by Crippen LogP contribution is 2.35. The van der Waals surface area contributed by atoms with Gasteiger partial charge < -0.3 is 19.9 Å². The largest absolute Gasteiger partial charge is 0.497 e. The molecule has 0 heterocycles. The third-order valence-electron chi connectivity index (χ3n) is 3.30. The monoisotopic (exact) mass is 237 g/mol. The van der Waals surface area contributed by atoms with Gasteiger partial charge in [0.25, 0.3) is 0 Å². The molecule has 17 heavy (non-hydrogen) atoms. The minimum atomic E-state index is -0.0614. The summed E-state index contributed by atoms with van der Waals surface area (Å²) in [5.74, 6) is 1.66. The first-order valence-corrected chi connectivity index (χ1v) is 5.80. The first kappa shape index (κ1) is 12.2. The summed E-state index contributed by atoms with van der Waals surface area (Å²) in [5, 5.41) is 12.6. The lowest BCUT2D eigenvalue weighted by molar-refractivity contribution is 0.229. The predicted octanol–water partition coefficient (Wildman–Crippen LogP) is 1.32. The highest BCUT2D eigenvalue weighted by atomic mass is 16.5. The number of hydrogen-bond donors (Lipinski definition) is 2. The van der Waals surface area contributed by atoms with E-state index in [0.717, 1.165) is 29.9 Å². The van der Waals surface area contributed by atoms with Gasteiger partial charge in [0.2, 0.25) is 0 Å². The summed E-state index contributed by atoms with van der Waals surface area (Å²) in [6, 6.07) is 5.73. The zero-order valence-corrected chi connectivity index (χ0v) is 10.3. The first-order chi connectivity index (χ1) is 8.23.